The smallest absolute Gasteiger partial charge is 0.279 e. The van der Waals surface area contributed by atoms with Gasteiger partial charge in [-0.25, -0.2) is 26.8 Å². The Kier molecular flexibility index (Phi) is 9.03. The number of hydrogen-bond donors (Lipinski definition) is 0. The monoisotopic (exact) mass is 674 g/mol. The Balaban J connectivity index is 0.000000174. The van der Waals surface area contributed by atoms with Gasteiger partial charge in [0.25, 0.3) is 11.4 Å². The molecule has 238 valence electrons. The summed E-state index contributed by atoms with van der Waals surface area (Å²) in [4.78, 5) is 25.2. The first kappa shape index (κ1) is 32.7. The van der Waals surface area contributed by atoms with E-state index in [0.29, 0.717) is 12.1 Å². The van der Waals surface area contributed by atoms with Crippen molar-refractivity contribution in [3.05, 3.63) is 141 Å². The van der Waals surface area contributed by atoms with Crippen molar-refractivity contribution in [2.24, 2.45) is 0 Å². The van der Waals surface area contributed by atoms with E-state index in [9.17, 15) is 46.2 Å². The molecule has 0 atom stereocenters. The molecule has 6 aromatic rings. The van der Waals surface area contributed by atoms with Crippen LogP contribution in [0.4, 0.5) is 11.4 Å². The molecule has 1 aliphatic rings. The van der Waals surface area contributed by atoms with Crippen LogP contribution in [0.2, 0.25) is 0 Å². The fraction of sp³-hybridized carbons (Fsp3) is 0.0323. The molecule has 0 bridgehead atoms. The van der Waals surface area contributed by atoms with Crippen LogP contribution in [0.5, 0.6) is 0 Å². The number of para-hydroxylation sites is 2. The molecule has 0 fully saturated rings. The molecular formula is C31H22N4O10S2. The maximum atomic E-state index is 11.3. The van der Waals surface area contributed by atoms with Gasteiger partial charge >= 0.3 is 0 Å². The molecule has 0 spiro atoms. The lowest BCUT2D eigenvalue weighted by Gasteiger charge is -2.11. The van der Waals surface area contributed by atoms with E-state index in [1.807, 2.05) is 48.8 Å². The zero-order valence-corrected chi connectivity index (χ0v) is 25.5. The molecule has 0 saturated carbocycles. The minimum absolute atomic E-state index is 0.0860. The van der Waals surface area contributed by atoms with Crippen LogP contribution in [0.25, 0.3) is 32.9 Å². The number of nitrogens with one attached hydrogen (secondary N) is 2. The number of H-pyrrole nitrogens is 2. The van der Waals surface area contributed by atoms with Crippen molar-refractivity contribution in [2.45, 2.75) is 16.2 Å². The number of nitrogens with zero attached hydrogens (tertiary/aromatic N) is 2. The molecule has 0 aliphatic heterocycles. The van der Waals surface area contributed by atoms with Crippen molar-refractivity contribution in [1.29, 1.82) is 0 Å². The number of aromatic amines is 2. The fourth-order valence-corrected chi connectivity index (χ4v) is 6.16. The molecule has 47 heavy (non-hydrogen) atoms. The van der Waals surface area contributed by atoms with Crippen LogP contribution in [0, 0.1) is 20.2 Å². The maximum Gasteiger partial charge on any atom is 0.279 e. The second kappa shape index (κ2) is 13.0. The third-order valence-corrected chi connectivity index (χ3v) is 8.72. The topological polar surface area (TPSA) is 229 Å². The standard InChI is InChI=1S/C13H8N2O10S2.2C9H7N/c16-14(17)10-4-8(26(20,21)22)2-6-1-7-3-9(27(23,24)25)5-11(15(18)19)13(7)12(6)10;2*1-2-6-9-8(4-1)5-3-7-10-9/h2-5H,1H2,(H,20,21,22)(H,23,24,25);2*1-7H. The van der Waals surface area contributed by atoms with Crippen molar-refractivity contribution in [1.82, 2.24) is 0 Å². The largest absolute Gasteiger partial charge is 0.744 e. The Morgan fingerprint density at radius 2 is 0.915 bits per heavy atom. The van der Waals surface area contributed by atoms with E-state index in [2.05, 4.69) is 46.4 Å². The molecular weight excluding hydrogens is 652 g/mol. The van der Waals surface area contributed by atoms with Crippen LogP contribution < -0.4 is 9.97 Å². The van der Waals surface area contributed by atoms with Gasteiger partial charge in [-0.2, -0.15) is 0 Å². The number of rotatable bonds is 4. The number of nitro benzene ring substituents is 2. The van der Waals surface area contributed by atoms with Crippen molar-refractivity contribution in [2.75, 3.05) is 0 Å². The molecule has 2 aromatic heterocycles. The second-order valence-electron chi connectivity index (χ2n) is 10.1. The predicted octanol–water partition coefficient (Wildman–Crippen LogP) is 4.19. The molecule has 0 amide bonds. The zero-order chi connectivity index (χ0) is 33.9. The maximum absolute atomic E-state index is 11.3. The lowest BCUT2D eigenvalue weighted by Crippen LogP contribution is -2.03. The molecule has 14 nitrogen and oxygen atoms in total. The van der Waals surface area contributed by atoms with Gasteiger partial charge in [0.2, 0.25) is 11.0 Å². The molecule has 0 saturated heterocycles. The van der Waals surface area contributed by atoms with Gasteiger partial charge < -0.3 is 9.11 Å². The van der Waals surface area contributed by atoms with E-state index < -0.39 is 51.2 Å². The lowest BCUT2D eigenvalue weighted by atomic mass is 10.0. The summed E-state index contributed by atoms with van der Waals surface area (Å²) in [5.41, 5.74) is -0.125. The molecule has 4 aromatic carbocycles. The van der Waals surface area contributed by atoms with E-state index in [0.717, 1.165) is 12.1 Å². The summed E-state index contributed by atoms with van der Waals surface area (Å²) in [7, 11) is -10.1. The number of hydrogen-bond acceptors (Lipinski definition) is 10. The first-order valence-electron chi connectivity index (χ1n) is 13.5. The summed E-state index contributed by atoms with van der Waals surface area (Å²) in [6.45, 7) is 0. The SMILES string of the molecule is O=[N+]([O-])c1cc(S(=O)(=O)[O-])cc2c1-c1c(cc(S(=O)(=O)[O-])cc1[N+](=O)[O-])C2.c1ccc2[nH+]cccc2c1.c1ccc2[nH+]cccc2c1. The van der Waals surface area contributed by atoms with Crippen molar-refractivity contribution >= 4 is 53.4 Å². The highest BCUT2D eigenvalue weighted by atomic mass is 32.2. The second-order valence-corrected chi connectivity index (χ2v) is 12.8. The van der Waals surface area contributed by atoms with Gasteiger partial charge in [-0.15, -0.1) is 0 Å². The van der Waals surface area contributed by atoms with Gasteiger partial charge in [-0.1, -0.05) is 24.3 Å². The van der Waals surface area contributed by atoms with Crippen molar-refractivity contribution in [3.63, 3.8) is 0 Å². The normalized spacial score (nSPS) is 11.8. The summed E-state index contributed by atoms with van der Waals surface area (Å²) in [6, 6.07) is 27.3. The summed E-state index contributed by atoms with van der Waals surface area (Å²) in [6.07, 6.45) is 3.53. The first-order valence-corrected chi connectivity index (χ1v) is 16.3. The molecule has 0 unspecified atom stereocenters. The summed E-state index contributed by atoms with van der Waals surface area (Å²) < 4.78 is 67.4. The molecule has 16 heteroatoms. The predicted molar refractivity (Wildman–Crippen MR) is 165 cm³/mol. The minimum Gasteiger partial charge on any atom is -0.744 e. The Labute approximate surface area is 266 Å². The van der Waals surface area contributed by atoms with E-state index in [1.54, 1.807) is 0 Å². The highest BCUT2D eigenvalue weighted by molar-refractivity contribution is 7.86. The Hall–Kier alpha value is -5.68. The Morgan fingerprint density at radius 1 is 0.553 bits per heavy atom. The summed E-state index contributed by atoms with van der Waals surface area (Å²) in [5.74, 6) is 0. The first-order chi connectivity index (χ1) is 22.2. The average Bonchev–Trinajstić information content (AvgIpc) is 3.42. The average molecular weight is 675 g/mol. The van der Waals surface area contributed by atoms with E-state index in [1.165, 1.54) is 21.8 Å². The third-order valence-electron chi connectivity index (χ3n) is 7.09. The van der Waals surface area contributed by atoms with Crippen molar-refractivity contribution < 1.29 is 45.8 Å². The van der Waals surface area contributed by atoms with Gasteiger partial charge in [-0.05, 0) is 53.9 Å². The van der Waals surface area contributed by atoms with E-state index >= 15 is 0 Å². The molecule has 1 aliphatic carbocycles. The Bertz CT molecular complexity index is 2120. The number of aromatic nitrogens is 2. The van der Waals surface area contributed by atoms with Crippen LogP contribution in [0.15, 0.2) is 119 Å². The number of nitro groups is 2. The van der Waals surface area contributed by atoms with Gasteiger partial charge in [-0.3, -0.25) is 20.2 Å². The van der Waals surface area contributed by atoms with Crippen molar-refractivity contribution in [3.8, 4) is 11.1 Å². The fourth-order valence-electron chi connectivity index (χ4n) is 5.08. The highest BCUT2D eigenvalue weighted by Crippen LogP contribution is 2.48. The lowest BCUT2D eigenvalue weighted by molar-refractivity contribution is -0.386. The molecule has 2 N–H and O–H groups in total. The van der Waals surface area contributed by atoms with Gasteiger partial charge in [0.1, 0.15) is 20.2 Å². The van der Waals surface area contributed by atoms with Crippen LogP contribution in [0.3, 0.4) is 0 Å². The number of fused-ring (bicyclic) bond motifs is 5. The van der Waals surface area contributed by atoms with Crippen LogP contribution in [-0.4, -0.2) is 35.8 Å². The van der Waals surface area contributed by atoms with Gasteiger partial charge in [0.15, 0.2) is 12.4 Å². The van der Waals surface area contributed by atoms with Crippen LogP contribution >= 0.6 is 0 Å². The quantitative estimate of drug-likeness (QED) is 0.147. The molecule has 2 heterocycles. The van der Waals surface area contributed by atoms with Gasteiger partial charge in [0.05, 0.1) is 30.8 Å². The summed E-state index contributed by atoms with van der Waals surface area (Å²) >= 11 is 0. The highest BCUT2D eigenvalue weighted by Gasteiger charge is 2.35. The van der Waals surface area contributed by atoms with Crippen LogP contribution in [0.1, 0.15) is 11.1 Å². The third kappa shape index (κ3) is 7.26. The van der Waals surface area contributed by atoms with Crippen LogP contribution in [-0.2, 0) is 26.7 Å². The molecule has 0 radical (unpaired) electrons. The minimum atomic E-state index is -5.06. The molecule has 7 rings (SSSR count). The van der Waals surface area contributed by atoms with E-state index in [-0.39, 0.29) is 28.7 Å². The Morgan fingerprint density at radius 3 is 1.26 bits per heavy atom. The number of pyridine rings is 2. The number of benzene rings is 4. The zero-order valence-electron chi connectivity index (χ0n) is 23.9. The summed E-state index contributed by atoms with van der Waals surface area (Å²) in [5, 5.41) is 25.2. The van der Waals surface area contributed by atoms with E-state index in [4.69, 9.17) is 0 Å². The van der Waals surface area contributed by atoms with Gasteiger partial charge in [0, 0.05) is 47.2 Å².